The van der Waals surface area contributed by atoms with Crippen LogP contribution in [0.4, 0.5) is 5.69 Å². The summed E-state index contributed by atoms with van der Waals surface area (Å²) in [5, 5.41) is 7.01. The van der Waals surface area contributed by atoms with E-state index in [2.05, 4.69) is 27.1 Å². The van der Waals surface area contributed by atoms with Gasteiger partial charge in [0.05, 0.1) is 6.04 Å². The third-order valence-electron chi connectivity index (χ3n) is 4.77. The van der Waals surface area contributed by atoms with Crippen molar-refractivity contribution in [3.63, 3.8) is 0 Å². The monoisotopic (exact) mass is 377 g/mol. The highest BCUT2D eigenvalue weighted by molar-refractivity contribution is 7.08. The Morgan fingerprint density at radius 2 is 1.81 bits per heavy atom. The highest BCUT2D eigenvalue weighted by Gasteiger charge is 2.30. The quantitative estimate of drug-likeness (QED) is 0.734. The van der Waals surface area contributed by atoms with Crippen LogP contribution in [-0.4, -0.2) is 28.2 Å². The van der Waals surface area contributed by atoms with Gasteiger partial charge in [0, 0.05) is 35.8 Å². The molecule has 4 rings (SSSR count). The van der Waals surface area contributed by atoms with Gasteiger partial charge >= 0.3 is 0 Å². The highest BCUT2D eigenvalue weighted by Crippen LogP contribution is 2.34. The standard InChI is InChI=1S/C21H19N3O2S/c25-20(15-7-10-22-11-8-15)23-18-5-3-16(4-6-18)21(26)24-12-1-2-19(24)17-9-13-27-14-17/h3-11,13-14,19H,1-2,12H2,(H,23,25). The van der Waals surface area contributed by atoms with Gasteiger partial charge in [-0.15, -0.1) is 0 Å². The van der Waals surface area contributed by atoms with E-state index in [1.54, 1.807) is 60.1 Å². The molecule has 1 N–H and O–H groups in total. The molecule has 2 aromatic heterocycles. The van der Waals surface area contributed by atoms with Crippen LogP contribution in [0.5, 0.6) is 0 Å². The first-order chi connectivity index (χ1) is 13.2. The van der Waals surface area contributed by atoms with Crippen LogP contribution in [0.15, 0.2) is 65.6 Å². The molecule has 1 aliphatic rings. The van der Waals surface area contributed by atoms with Crippen molar-refractivity contribution in [3.8, 4) is 0 Å². The number of hydrogen-bond donors (Lipinski definition) is 1. The fourth-order valence-electron chi connectivity index (χ4n) is 3.39. The number of thiophene rings is 1. The second kappa shape index (κ2) is 7.72. The van der Waals surface area contributed by atoms with Gasteiger partial charge in [-0.1, -0.05) is 0 Å². The van der Waals surface area contributed by atoms with E-state index >= 15 is 0 Å². The van der Waals surface area contributed by atoms with Crippen LogP contribution < -0.4 is 5.32 Å². The van der Waals surface area contributed by atoms with E-state index < -0.39 is 0 Å². The van der Waals surface area contributed by atoms with Crippen LogP contribution in [0.2, 0.25) is 0 Å². The van der Waals surface area contributed by atoms with Crippen LogP contribution in [-0.2, 0) is 0 Å². The van der Waals surface area contributed by atoms with E-state index in [0.29, 0.717) is 16.8 Å². The summed E-state index contributed by atoms with van der Waals surface area (Å²) in [6, 6.07) is 12.6. The normalized spacial score (nSPS) is 16.3. The minimum atomic E-state index is -0.200. The fraction of sp³-hybridized carbons (Fsp3) is 0.190. The average Bonchev–Trinajstić information content (AvgIpc) is 3.40. The molecule has 2 amide bonds. The molecule has 0 spiro atoms. The SMILES string of the molecule is O=C(Nc1ccc(C(=O)N2CCCC2c2ccsc2)cc1)c1ccncc1. The molecule has 6 heteroatoms. The smallest absolute Gasteiger partial charge is 0.255 e. The maximum absolute atomic E-state index is 12.9. The summed E-state index contributed by atoms with van der Waals surface area (Å²) in [6.45, 7) is 0.778. The molecule has 136 valence electrons. The van der Waals surface area contributed by atoms with Gasteiger partial charge in [0.25, 0.3) is 11.8 Å². The number of amides is 2. The first-order valence-corrected chi connectivity index (χ1v) is 9.81. The van der Waals surface area contributed by atoms with Gasteiger partial charge in [-0.25, -0.2) is 0 Å². The number of nitrogens with one attached hydrogen (secondary N) is 1. The van der Waals surface area contributed by atoms with Crippen molar-refractivity contribution >= 4 is 28.8 Å². The predicted octanol–water partition coefficient (Wildman–Crippen LogP) is 4.37. The maximum atomic E-state index is 12.9. The van der Waals surface area contributed by atoms with Gasteiger partial charge in [0.15, 0.2) is 0 Å². The number of aromatic nitrogens is 1. The molecule has 1 fully saturated rings. The number of nitrogens with zero attached hydrogens (tertiary/aromatic N) is 2. The van der Waals surface area contributed by atoms with Crippen molar-refractivity contribution in [1.29, 1.82) is 0 Å². The molecule has 1 aromatic carbocycles. The van der Waals surface area contributed by atoms with Gasteiger partial charge in [0.1, 0.15) is 0 Å². The largest absolute Gasteiger partial charge is 0.332 e. The summed E-state index contributed by atoms with van der Waals surface area (Å²) in [4.78, 5) is 31.0. The van der Waals surface area contributed by atoms with Gasteiger partial charge in [-0.05, 0) is 71.6 Å². The fourth-order valence-corrected chi connectivity index (χ4v) is 4.10. The second-order valence-corrected chi connectivity index (χ2v) is 7.26. The van der Waals surface area contributed by atoms with Crippen LogP contribution in [0.3, 0.4) is 0 Å². The molecule has 0 aliphatic carbocycles. The lowest BCUT2D eigenvalue weighted by Crippen LogP contribution is -2.30. The van der Waals surface area contributed by atoms with Crippen molar-refractivity contribution in [3.05, 3.63) is 82.3 Å². The first-order valence-electron chi connectivity index (χ1n) is 8.87. The summed E-state index contributed by atoms with van der Waals surface area (Å²) in [5.41, 5.74) is 3.05. The Balaban J connectivity index is 1.45. The van der Waals surface area contributed by atoms with E-state index in [4.69, 9.17) is 0 Å². The number of likely N-dealkylation sites (tertiary alicyclic amines) is 1. The molecule has 0 radical (unpaired) electrons. The Bertz CT molecular complexity index is 924. The van der Waals surface area contributed by atoms with E-state index in [1.165, 1.54) is 5.56 Å². The van der Waals surface area contributed by atoms with Crippen LogP contribution in [0, 0.1) is 0 Å². The topological polar surface area (TPSA) is 62.3 Å². The zero-order chi connectivity index (χ0) is 18.6. The lowest BCUT2D eigenvalue weighted by molar-refractivity contribution is 0.0736. The number of benzene rings is 1. The summed E-state index contributed by atoms with van der Waals surface area (Å²) in [6.07, 6.45) is 5.18. The molecule has 1 saturated heterocycles. The van der Waals surface area contributed by atoms with E-state index in [1.807, 2.05) is 4.90 Å². The molecular formula is C21H19N3O2S. The summed E-state index contributed by atoms with van der Waals surface area (Å²) in [7, 11) is 0. The lowest BCUT2D eigenvalue weighted by Gasteiger charge is -2.24. The van der Waals surface area contributed by atoms with Gasteiger partial charge < -0.3 is 10.2 Å². The minimum Gasteiger partial charge on any atom is -0.332 e. The van der Waals surface area contributed by atoms with Gasteiger partial charge in [-0.2, -0.15) is 11.3 Å². The third kappa shape index (κ3) is 3.75. The Morgan fingerprint density at radius 1 is 1.04 bits per heavy atom. The number of carbonyl (C=O) groups is 2. The zero-order valence-electron chi connectivity index (χ0n) is 14.7. The van der Waals surface area contributed by atoms with Crippen molar-refractivity contribution in [2.45, 2.75) is 18.9 Å². The molecule has 1 unspecified atom stereocenters. The van der Waals surface area contributed by atoms with Crippen molar-refractivity contribution in [2.75, 3.05) is 11.9 Å². The lowest BCUT2D eigenvalue weighted by atomic mass is 10.1. The summed E-state index contributed by atoms with van der Waals surface area (Å²) in [5.74, 6) is -0.163. The van der Waals surface area contributed by atoms with Crippen LogP contribution >= 0.6 is 11.3 Å². The number of anilines is 1. The molecule has 1 aliphatic heterocycles. The summed E-state index contributed by atoms with van der Waals surface area (Å²) < 4.78 is 0. The molecule has 27 heavy (non-hydrogen) atoms. The third-order valence-corrected chi connectivity index (χ3v) is 5.48. The number of hydrogen-bond acceptors (Lipinski definition) is 4. The highest BCUT2D eigenvalue weighted by atomic mass is 32.1. The number of carbonyl (C=O) groups excluding carboxylic acids is 2. The molecule has 3 aromatic rings. The molecule has 3 heterocycles. The van der Waals surface area contributed by atoms with Crippen LogP contribution in [0.1, 0.15) is 45.2 Å². The van der Waals surface area contributed by atoms with Crippen molar-refractivity contribution in [1.82, 2.24) is 9.88 Å². The van der Waals surface area contributed by atoms with Gasteiger partial charge in [-0.3, -0.25) is 14.6 Å². The van der Waals surface area contributed by atoms with Crippen molar-refractivity contribution < 1.29 is 9.59 Å². The maximum Gasteiger partial charge on any atom is 0.255 e. The molecular weight excluding hydrogens is 358 g/mol. The van der Waals surface area contributed by atoms with E-state index in [9.17, 15) is 9.59 Å². The Labute approximate surface area is 161 Å². The zero-order valence-corrected chi connectivity index (χ0v) is 15.5. The van der Waals surface area contributed by atoms with E-state index in [0.717, 1.165) is 19.4 Å². The second-order valence-electron chi connectivity index (χ2n) is 6.48. The van der Waals surface area contributed by atoms with Crippen molar-refractivity contribution in [2.24, 2.45) is 0 Å². The van der Waals surface area contributed by atoms with Gasteiger partial charge in [0.2, 0.25) is 0 Å². The molecule has 5 nitrogen and oxygen atoms in total. The Hall–Kier alpha value is -2.99. The number of pyridine rings is 1. The summed E-state index contributed by atoms with van der Waals surface area (Å²) >= 11 is 1.66. The minimum absolute atomic E-state index is 0.0377. The Kier molecular flexibility index (Phi) is 4.98. The molecule has 0 bridgehead atoms. The Morgan fingerprint density at radius 3 is 2.52 bits per heavy atom. The molecule has 0 saturated carbocycles. The first kappa shape index (κ1) is 17.4. The van der Waals surface area contributed by atoms with E-state index in [-0.39, 0.29) is 17.9 Å². The average molecular weight is 377 g/mol. The van der Waals surface area contributed by atoms with Crippen LogP contribution in [0.25, 0.3) is 0 Å². The predicted molar refractivity (Wildman–Crippen MR) is 106 cm³/mol. The number of rotatable bonds is 4. The molecule has 1 atom stereocenters.